The molecule has 5 nitrogen and oxygen atoms in total. The number of rotatable bonds is 2. The smallest absolute Gasteiger partial charge is 0.347 e. The number of nitrogens with zero attached hydrogens (tertiary/aromatic N) is 1. The molecule has 1 aromatic heterocycles. The van der Waals surface area contributed by atoms with E-state index in [1.807, 2.05) is 31.2 Å². The van der Waals surface area contributed by atoms with Crippen molar-refractivity contribution in [1.82, 2.24) is 4.98 Å². The number of cyclic esters (lactones) is 1. The zero-order valence-electron chi connectivity index (χ0n) is 11.0. The van der Waals surface area contributed by atoms with Crippen LogP contribution in [0.15, 0.2) is 30.3 Å². The molecule has 1 aliphatic heterocycles. The molecule has 3 rings (SSSR count). The Bertz CT molecular complexity index is 695. The van der Waals surface area contributed by atoms with Gasteiger partial charge in [0.25, 0.3) is 0 Å². The van der Waals surface area contributed by atoms with Gasteiger partial charge in [0.2, 0.25) is 6.10 Å². The summed E-state index contributed by atoms with van der Waals surface area (Å²) in [6, 6.07) is 9.01. The van der Waals surface area contributed by atoms with Crippen molar-refractivity contribution in [3.63, 3.8) is 0 Å². The molecule has 2 aromatic rings. The quantitative estimate of drug-likeness (QED) is 0.782. The Morgan fingerprint density at radius 3 is 2.95 bits per heavy atom. The highest BCUT2D eigenvalue weighted by Crippen LogP contribution is 2.21. The van der Waals surface area contributed by atoms with Gasteiger partial charge in [-0.1, -0.05) is 18.2 Å². The van der Waals surface area contributed by atoms with E-state index in [-0.39, 0.29) is 0 Å². The number of esters is 2. The van der Waals surface area contributed by atoms with Crippen LogP contribution in [0.3, 0.4) is 0 Å². The Labute approximate surface area is 115 Å². The molecule has 0 spiro atoms. The molecular formula is C15H13NO4. The van der Waals surface area contributed by atoms with Gasteiger partial charge in [-0.2, -0.15) is 0 Å². The molecule has 1 atom stereocenters. The van der Waals surface area contributed by atoms with Gasteiger partial charge in [0.05, 0.1) is 17.7 Å². The summed E-state index contributed by atoms with van der Waals surface area (Å²) in [6.45, 7) is 2.11. The molecule has 102 valence electrons. The van der Waals surface area contributed by atoms with Crippen LogP contribution in [0.5, 0.6) is 0 Å². The molecule has 0 aliphatic carbocycles. The Balaban J connectivity index is 1.96. The zero-order chi connectivity index (χ0) is 14.1. The summed E-state index contributed by atoms with van der Waals surface area (Å²) in [5.41, 5.74) is 1.88. The van der Waals surface area contributed by atoms with Crippen molar-refractivity contribution in [3.8, 4) is 0 Å². The van der Waals surface area contributed by atoms with Crippen molar-refractivity contribution in [2.24, 2.45) is 0 Å². The van der Waals surface area contributed by atoms with Crippen molar-refractivity contribution < 1.29 is 19.1 Å². The number of fused-ring (bicyclic) bond motifs is 1. The van der Waals surface area contributed by atoms with Gasteiger partial charge in [-0.3, -0.25) is 4.98 Å². The third kappa shape index (κ3) is 2.22. The van der Waals surface area contributed by atoms with E-state index in [1.165, 1.54) is 0 Å². The monoisotopic (exact) mass is 271 g/mol. The molecule has 2 heterocycles. The van der Waals surface area contributed by atoms with Crippen LogP contribution in [0.25, 0.3) is 10.9 Å². The van der Waals surface area contributed by atoms with E-state index >= 15 is 0 Å². The van der Waals surface area contributed by atoms with Crippen LogP contribution in [0.4, 0.5) is 0 Å². The normalized spacial score (nSPS) is 18.1. The topological polar surface area (TPSA) is 65.5 Å². The first-order valence-corrected chi connectivity index (χ1v) is 6.39. The number of hydrogen-bond donors (Lipinski definition) is 0. The molecule has 0 bridgehead atoms. The molecular weight excluding hydrogens is 258 g/mol. The average molecular weight is 271 g/mol. The van der Waals surface area contributed by atoms with E-state index < -0.39 is 18.0 Å². The van der Waals surface area contributed by atoms with Crippen molar-refractivity contribution in [2.45, 2.75) is 19.4 Å². The average Bonchev–Trinajstić information content (AvgIpc) is 2.83. The fourth-order valence-electron chi connectivity index (χ4n) is 2.25. The van der Waals surface area contributed by atoms with Crippen molar-refractivity contribution >= 4 is 22.8 Å². The Morgan fingerprint density at radius 2 is 2.20 bits per heavy atom. The Kier molecular flexibility index (Phi) is 3.10. The third-order valence-electron chi connectivity index (χ3n) is 3.20. The fourth-order valence-corrected chi connectivity index (χ4v) is 2.25. The lowest BCUT2D eigenvalue weighted by molar-refractivity contribution is -0.145. The molecule has 1 fully saturated rings. The van der Waals surface area contributed by atoms with Crippen molar-refractivity contribution in [3.05, 3.63) is 41.6 Å². The number of benzene rings is 1. The Hall–Kier alpha value is -2.43. The maximum atomic E-state index is 12.3. The molecule has 1 saturated heterocycles. The summed E-state index contributed by atoms with van der Waals surface area (Å²) in [5, 5.41) is 0.717. The summed E-state index contributed by atoms with van der Waals surface area (Å²) in [6.07, 6.45) is -0.387. The van der Waals surface area contributed by atoms with Crippen LogP contribution in [0, 0.1) is 6.92 Å². The lowest BCUT2D eigenvalue weighted by Gasteiger charge is -2.10. The predicted molar refractivity (Wildman–Crippen MR) is 71.3 cm³/mol. The lowest BCUT2D eigenvalue weighted by Crippen LogP contribution is -2.23. The Morgan fingerprint density at radius 1 is 1.40 bits per heavy atom. The van der Waals surface area contributed by atoms with Gasteiger partial charge in [-0.05, 0) is 19.1 Å². The summed E-state index contributed by atoms with van der Waals surface area (Å²) >= 11 is 0. The van der Waals surface area contributed by atoms with Crippen LogP contribution >= 0.6 is 0 Å². The molecule has 20 heavy (non-hydrogen) atoms. The van der Waals surface area contributed by atoms with Crippen LogP contribution in [0.1, 0.15) is 22.5 Å². The number of pyridine rings is 1. The van der Waals surface area contributed by atoms with Crippen LogP contribution in [-0.2, 0) is 14.3 Å². The number of para-hydroxylation sites is 1. The summed E-state index contributed by atoms with van der Waals surface area (Å²) < 4.78 is 10.0. The first kappa shape index (κ1) is 12.6. The molecule has 0 unspecified atom stereocenters. The standard InChI is InChI=1S/C15H13NO4/c1-9-8-11(10-4-2-3-5-12(10)16-9)14(17)20-13-6-7-19-15(13)18/h2-5,8,13H,6-7H2,1H3/t13-/m1/s1. The zero-order valence-corrected chi connectivity index (χ0v) is 11.0. The number of aromatic nitrogens is 1. The summed E-state index contributed by atoms with van der Waals surface area (Å²) in [5.74, 6) is -0.996. The van der Waals surface area contributed by atoms with Crippen LogP contribution < -0.4 is 0 Å². The van der Waals surface area contributed by atoms with Gasteiger partial charge >= 0.3 is 11.9 Å². The van der Waals surface area contributed by atoms with Crippen molar-refractivity contribution in [1.29, 1.82) is 0 Å². The van der Waals surface area contributed by atoms with Gasteiger partial charge in [-0.25, -0.2) is 9.59 Å². The second kappa shape index (κ2) is 4.92. The number of ether oxygens (including phenoxy) is 2. The molecule has 0 amide bonds. The number of aryl methyl sites for hydroxylation is 1. The predicted octanol–water partition coefficient (Wildman–Crippen LogP) is 2.02. The summed E-state index contributed by atoms with van der Waals surface area (Å²) in [4.78, 5) is 28.0. The minimum atomic E-state index is -0.797. The van der Waals surface area contributed by atoms with E-state index in [2.05, 4.69) is 4.98 Å². The first-order chi connectivity index (χ1) is 9.65. The van der Waals surface area contributed by atoms with Crippen LogP contribution in [-0.4, -0.2) is 29.6 Å². The van der Waals surface area contributed by atoms with E-state index in [0.29, 0.717) is 18.6 Å². The molecule has 1 aromatic carbocycles. The number of carbonyl (C=O) groups is 2. The van der Waals surface area contributed by atoms with Crippen molar-refractivity contribution in [2.75, 3.05) is 6.61 Å². The summed E-state index contributed by atoms with van der Waals surface area (Å²) in [7, 11) is 0. The highest BCUT2D eigenvalue weighted by Gasteiger charge is 2.31. The highest BCUT2D eigenvalue weighted by atomic mass is 16.6. The third-order valence-corrected chi connectivity index (χ3v) is 3.20. The fraction of sp³-hybridized carbons (Fsp3) is 0.267. The molecule has 5 heteroatoms. The number of carbonyl (C=O) groups excluding carboxylic acids is 2. The van der Waals surface area contributed by atoms with E-state index in [0.717, 1.165) is 16.6 Å². The SMILES string of the molecule is Cc1cc(C(=O)O[C@@H]2CCOC2=O)c2ccccc2n1. The van der Waals surface area contributed by atoms with E-state index in [1.54, 1.807) is 6.07 Å². The van der Waals surface area contributed by atoms with Gasteiger partial charge in [-0.15, -0.1) is 0 Å². The van der Waals surface area contributed by atoms with Gasteiger partial charge < -0.3 is 9.47 Å². The molecule has 0 saturated carbocycles. The second-order valence-electron chi connectivity index (χ2n) is 4.68. The van der Waals surface area contributed by atoms with Gasteiger partial charge in [0.15, 0.2) is 0 Å². The minimum Gasteiger partial charge on any atom is -0.463 e. The largest absolute Gasteiger partial charge is 0.463 e. The number of hydrogen-bond acceptors (Lipinski definition) is 5. The maximum absolute atomic E-state index is 12.3. The van der Waals surface area contributed by atoms with Gasteiger partial charge in [0, 0.05) is 17.5 Å². The first-order valence-electron chi connectivity index (χ1n) is 6.39. The van der Waals surface area contributed by atoms with Gasteiger partial charge in [0.1, 0.15) is 0 Å². The molecule has 0 radical (unpaired) electrons. The highest BCUT2D eigenvalue weighted by molar-refractivity contribution is 6.04. The molecule has 1 aliphatic rings. The van der Waals surface area contributed by atoms with E-state index in [4.69, 9.17) is 9.47 Å². The second-order valence-corrected chi connectivity index (χ2v) is 4.68. The maximum Gasteiger partial charge on any atom is 0.347 e. The van der Waals surface area contributed by atoms with E-state index in [9.17, 15) is 9.59 Å². The van der Waals surface area contributed by atoms with Crippen LogP contribution in [0.2, 0.25) is 0 Å². The lowest BCUT2D eigenvalue weighted by atomic mass is 10.1. The minimum absolute atomic E-state index is 0.299. The molecule has 0 N–H and O–H groups in total.